The monoisotopic (exact) mass is 2120 g/mol. The molecule has 0 aromatic heterocycles. The number of carboxylic acid groups (broad SMARTS) is 1. The number of methoxy groups -OCH3 is 2. The summed E-state index contributed by atoms with van der Waals surface area (Å²) in [6, 6.07) is 0. The van der Waals surface area contributed by atoms with Crippen molar-refractivity contribution in [2.24, 2.45) is 16.2 Å². The molecule has 0 aromatic carbocycles. The van der Waals surface area contributed by atoms with E-state index in [-0.39, 0.29) is 67.9 Å². The van der Waals surface area contributed by atoms with Crippen molar-refractivity contribution in [3.05, 3.63) is 194 Å². The number of esters is 2. The molecule has 6 rings (SSSR count). The summed E-state index contributed by atoms with van der Waals surface area (Å²) in [5.74, 6) is 36.7. The van der Waals surface area contributed by atoms with E-state index in [9.17, 15) is 22.8 Å². The third kappa shape index (κ3) is 103. The predicted molar refractivity (Wildman–Crippen MR) is 611 cm³/mol. The number of allylic oxidation sites excluding steroid dienone is 23. The zero-order valence-electron chi connectivity index (χ0n) is 91.0. The second-order valence-corrected chi connectivity index (χ2v) is 37.9. The zero-order valence-corrected chi connectivity index (χ0v) is 94.8. The first-order valence-corrected chi connectivity index (χ1v) is 55.2. The molecule has 6 saturated heterocycles. The summed E-state index contributed by atoms with van der Waals surface area (Å²) in [6.07, 6.45) is 112. The Hall–Kier alpha value is -8.60. The van der Waals surface area contributed by atoms with Gasteiger partial charge >= 0.3 is 17.9 Å². The molecule has 12 unspecified atom stereocenters. The molecule has 19 nitrogen and oxygen atoms in total. The van der Waals surface area contributed by atoms with E-state index in [1.807, 2.05) is 32.1 Å². The fourth-order valence-electron chi connectivity index (χ4n) is 11.6. The highest BCUT2D eigenvalue weighted by molar-refractivity contribution is 7.86. The van der Waals surface area contributed by atoms with Crippen molar-refractivity contribution < 1.29 is 90.4 Å². The van der Waals surface area contributed by atoms with Crippen molar-refractivity contribution in [2.75, 3.05) is 64.2 Å². The van der Waals surface area contributed by atoms with Crippen LogP contribution in [0.4, 0.5) is 0 Å². The maximum Gasteiger partial charge on any atom is 0.312 e. The highest BCUT2D eigenvalue weighted by Gasteiger charge is 2.40. The van der Waals surface area contributed by atoms with E-state index < -0.39 is 32.3 Å². The number of aliphatic carboxylic acids is 1. The average molecular weight is 2120 g/mol. The molecule has 146 heavy (non-hydrogen) atoms. The molecular formula is C122H180Cl4O19S. The Kier molecular flexibility index (Phi) is 105. The van der Waals surface area contributed by atoms with Crippen LogP contribution in [0.25, 0.3) is 0 Å². The van der Waals surface area contributed by atoms with Crippen molar-refractivity contribution in [1.29, 1.82) is 0 Å². The molecule has 24 heteroatoms. The lowest BCUT2D eigenvalue weighted by Crippen LogP contribution is -2.24. The number of carboxylic acids is 1. The quantitative estimate of drug-likeness (QED) is 0.00944. The summed E-state index contributed by atoms with van der Waals surface area (Å²) in [4.78, 5) is 33.7. The van der Waals surface area contributed by atoms with Crippen LogP contribution < -0.4 is 0 Å². The molecule has 12 atom stereocenters. The van der Waals surface area contributed by atoms with Crippen LogP contribution in [0.15, 0.2) is 194 Å². The van der Waals surface area contributed by atoms with Gasteiger partial charge in [0.15, 0.2) is 0 Å². The lowest BCUT2D eigenvalue weighted by Gasteiger charge is -2.18. The minimum atomic E-state index is -3.40. The molecule has 5 N–H and O–H groups in total. The first-order valence-electron chi connectivity index (χ1n) is 51.2. The molecule has 0 aromatic rings. The maximum absolute atomic E-state index is 11.6. The number of carbonyl (C=O) groups excluding carboxylic acids is 2. The summed E-state index contributed by atoms with van der Waals surface area (Å²) in [5.41, 5.74) is -1.69. The number of aliphatic hydroxyl groups is 4. The summed E-state index contributed by atoms with van der Waals surface area (Å²) >= 11 is 19.1. The lowest BCUT2D eigenvalue weighted by molar-refractivity contribution is -0.151. The average Bonchev–Trinajstić information content (AvgIpc) is 1.78. The number of halogens is 4. The number of hydrogen-bond acceptors (Lipinski definition) is 18. The van der Waals surface area contributed by atoms with E-state index in [1.165, 1.54) is 20.6 Å². The van der Waals surface area contributed by atoms with Crippen LogP contribution in [0.2, 0.25) is 0 Å². The largest absolute Gasteiger partial charge is 0.481 e. The van der Waals surface area contributed by atoms with Crippen LogP contribution in [-0.2, 0) is 66.6 Å². The van der Waals surface area contributed by atoms with Crippen LogP contribution in [0, 0.1) is 112 Å². The highest BCUT2D eigenvalue weighted by atomic mass is 35.5. The van der Waals surface area contributed by atoms with Gasteiger partial charge in [0.05, 0.1) is 153 Å². The molecule has 0 saturated carbocycles. The number of epoxide rings is 6. The molecule has 0 spiro atoms. The summed E-state index contributed by atoms with van der Waals surface area (Å²) in [5, 5.41) is 42.8. The number of hydrogen-bond donors (Lipinski definition) is 5. The van der Waals surface area contributed by atoms with Crippen molar-refractivity contribution in [2.45, 2.75) is 376 Å². The van der Waals surface area contributed by atoms with Crippen LogP contribution in [0.1, 0.15) is 302 Å². The van der Waals surface area contributed by atoms with Crippen LogP contribution in [-0.4, -0.2) is 189 Å². The number of ether oxygens (including phenoxy) is 8. The topological polar surface area (TPSA) is 289 Å². The summed E-state index contributed by atoms with van der Waals surface area (Å²) in [7, 11) is -0.592. The van der Waals surface area contributed by atoms with Gasteiger partial charge in [0.1, 0.15) is 25.9 Å². The molecule has 6 aliphatic heterocycles. The Morgan fingerprint density at radius 2 is 0.582 bits per heavy atom. The van der Waals surface area contributed by atoms with Crippen molar-refractivity contribution in [3.8, 4) is 95.7 Å². The zero-order chi connectivity index (χ0) is 110. The fraction of sp³-hybridized carbons (Fsp3) is 0.582. The normalized spacial score (nSPS) is 19.4. The standard InChI is InChI=1S/C25H38O3.C24H36O3.C15H20O4S.C14H18O2.C11H14O2.C9H16O.C8H14O2.C8H14O.C6H6O.2CH2Cl2/c1-5-6-16-19-22-23(28-22)20-17-14-12-10-8-7-9-11-13-15-18-21-25(2,3)24(26)27-4;1-4-5-15-18-21-22(27-21)19-16-13-11-9-7-6-8-10-12-14-17-20-24(2,3)23(25)26;1-3-4-8-11-14-15(19-14)12-9-6-5-7-10-13-18-20(2,16)17;1-2-3-7-10-13-14(16-13)11-8-5-4-6-9-12-15;1-5-6-7-8-9-11(2,3)10(12)13-4;1-3-5-6-7-9-8(4-2)10-9;1-2-3-4-5-7-8(6-9)10-7;1-2-3-4-5-6-7-8-9;1-2-3-4-5-6-7;2*2-1-3/h6,8-11,14-18,22-23H,5,7,12-13,19-21H2,1-4H3;5,7-10,13-17,21-22H,4,6,11-12,18-20H2,1-3H3,(H,25,26);4,8,14-15H,3,5,11-13H2,1-2H3;3,7,13-15H,2,4,10-12H2,1H3;1H,6,9H2,2-4H3;5-6,8-9H,3-4,7H2,1-2H3;3-4,7-9H,2,5-6H2,1H3;3-4,6-7,9H,2,5,8H2,1H3;1,7H,3,6H2;2*1H2/b10-8-,11-9-,16-6-,17-14-,18-15-;9-7-,10-8-,15-5-,16-13-,17-14-;8-4-;7-3-;;6-5-;4-3-;4-3-,7-6-;;;. The number of rotatable bonds is 52. The minimum Gasteiger partial charge on any atom is -0.481 e. The van der Waals surface area contributed by atoms with Crippen LogP contribution in [0.5, 0.6) is 0 Å². The summed E-state index contributed by atoms with van der Waals surface area (Å²) in [6.45, 7) is 28.0. The molecular weight excluding hydrogens is 1940 g/mol. The second kappa shape index (κ2) is 105. The Bertz CT molecular complexity index is 4420. The van der Waals surface area contributed by atoms with E-state index in [2.05, 4.69) is 317 Å². The molecule has 0 amide bonds. The van der Waals surface area contributed by atoms with Gasteiger partial charge in [-0.1, -0.05) is 327 Å². The molecule has 6 fully saturated rings. The van der Waals surface area contributed by atoms with Crippen molar-refractivity contribution in [3.63, 3.8) is 0 Å². The Morgan fingerprint density at radius 3 is 0.884 bits per heavy atom. The van der Waals surface area contributed by atoms with E-state index in [4.69, 9.17) is 118 Å². The number of alkyl halides is 4. The van der Waals surface area contributed by atoms with Crippen LogP contribution >= 0.6 is 46.4 Å². The van der Waals surface area contributed by atoms with E-state index in [0.717, 1.165) is 160 Å². The second-order valence-electron chi connectivity index (χ2n) is 34.6. The SMILES string of the molecule is C#CCC#CCC(C)(C)C(=O)OC.C#CCC#CCO.CC/C=C\C/C=C\CO.CC/C=C\CC1OC1C/C=C\C/C=C\C/C=C\C/C=C\CC(C)(C)C(=O)O.CC/C=C\CC1OC1C/C=C\C/C=C\C/C=C\C/C=C\CC(C)(C)C(=O)OC.CC/C=C\CC1OC1CC.CC/C=C\CC1OC1CC#CCC#CCO.CC/C=C\CC1OC1CC#CCC#CCOS(C)(=O)=O.CC/C=C\CC1OC1CO.ClCCl.ClCCl. The van der Waals surface area contributed by atoms with Gasteiger partial charge in [-0.2, -0.15) is 8.42 Å². The predicted octanol–water partition coefficient (Wildman–Crippen LogP) is 26.6. The number of aliphatic hydroxyl groups excluding tert-OH is 4. The van der Waals surface area contributed by atoms with E-state index in [1.54, 1.807) is 33.8 Å². The van der Waals surface area contributed by atoms with Crippen molar-refractivity contribution >= 4 is 74.4 Å². The Labute approximate surface area is 904 Å². The fourth-order valence-corrected chi connectivity index (χ4v) is 11.9. The number of carbonyl (C=O) groups is 3. The van der Waals surface area contributed by atoms with Gasteiger partial charge < -0.3 is 63.4 Å². The van der Waals surface area contributed by atoms with Gasteiger partial charge in [0.25, 0.3) is 10.1 Å². The van der Waals surface area contributed by atoms with E-state index >= 15 is 0 Å². The molecule has 816 valence electrons. The first-order chi connectivity index (χ1) is 70.3. The van der Waals surface area contributed by atoms with E-state index in [0.29, 0.717) is 106 Å². The third-order valence-electron chi connectivity index (χ3n) is 20.4. The maximum atomic E-state index is 11.6. The first kappa shape index (κ1) is 146. The molecule has 0 radical (unpaired) electrons. The Morgan fingerprint density at radius 1 is 0.329 bits per heavy atom. The third-order valence-corrected chi connectivity index (χ3v) is 21.0. The van der Waals surface area contributed by atoms with Gasteiger partial charge in [-0.15, -0.1) is 65.2 Å². The Balaban J connectivity index is -0.000000523. The van der Waals surface area contributed by atoms with Crippen molar-refractivity contribution in [1.82, 2.24) is 0 Å². The van der Waals surface area contributed by atoms with Gasteiger partial charge in [0, 0.05) is 19.3 Å². The summed E-state index contributed by atoms with van der Waals surface area (Å²) < 4.78 is 67.8. The number of terminal acetylenes is 2. The van der Waals surface area contributed by atoms with Crippen LogP contribution in [0.3, 0.4) is 0 Å². The molecule has 0 aliphatic carbocycles. The van der Waals surface area contributed by atoms with Gasteiger partial charge in [-0.05, 0) is 202 Å². The van der Waals surface area contributed by atoms with Gasteiger partial charge in [-0.3, -0.25) is 18.6 Å². The molecule has 0 bridgehead atoms. The molecule has 6 heterocycles. The molecule has 6 aliphatic rings. The van der Waals surface area contributed by atoms with Gasteiger partial charge in [0.2, 0.25) is 0 Å². The minimum absolute atomic E-state index is 0.0841. The lowest BCUT2D eigenvalue weighted by atomic mass is 9.89. The smallest absolute Gasteiger partial charge is 0.312 e. The van der Waals surface area contributed by atoms with Gasteiger partial charge in [-0.25, -0.2) is 0 Å². The highest BCUT2D eigenvalue weighted by Crippen LogP contribution is 2.33.